The number of hydrogen-bond acceptors (Lipinski definition) is 6. The van der Waals surface area contributed by atoms with Crippen LogP contribution in [0.15, 0.2) is 24.3 Å². The van der Waals surface area contributed by atoms with Crippen LogP contribution < -0.4 is 5.32 Å². The lowest BCUT2D eigenvalue weighted by Gasteiger charge is -2.26. The first kappa shape index (κ1) is 19.3. The number of ether oxygens (including phenoxy) is 1. The van der Waals surface area contributed by atoms with Crippen LogP contribution in [0, 0.1) is 0 Å². The molecule has 2 aliphatic rings. The van der Waals surface area contributed by atoms with Crippen molar-refractivity contribution < 1.29 is 17.9 Å². The molecule has 8 heteroatoms. The summed E-state index contributed by atoms with van der Waals surface area (Å²) in [5.41, 5.74) is 1.96. The average molecular weight is 381 g/mol. The van der Waals surface area contributed by atoms with Crippen LogP contribution in [-0.2, 0) is 25.9 Å². The van der Waals surface area contributed by atoms with Gasteiger partial charge in [-0.1, -0.05) is 12.1 Å². The molecule has 0 aliphatic carbocycles. The molecule has 1 amide bonds. The van der Waals surface area contributed by atoms with Crippen molar-refractivity contribution in [3.63, 3.8) is 0 Å². The van der Waals surface area contributed by atoms with Gasteiger partial charge in [-0.2, -0.15) is 0 Å². The second-order valence-corrected chi connectivity index (χ2v) is 9.33. The topological polar surface area (TPSA) is 79.0 Å². The summed E-state index contributed by atoms with van der Waals surface area (Å²) in [5.74, 6) is 0.235. The van der Waals surface area contributed by atoms with Gasteiger partial charge in [-0.25, -0.2) is 8.42 Å². The SMILES string of the molecule is CN(CC(=O)Nc1ccc(CN2CCOCC2)cc1)[C@H]1CCS(=O)(=O)C1. The first-order chi connectivity index (χ1) is 12.4. The van der Waals surface area contributed by atoms with E-state index in [1.165, 1.54) is 5.56 Å². The second kappa shape index (κ2) is 8.47. The summed E-state index contributed by atoms with van der Waals surface area (Å²) in [7, 11) is -1.14. The van der Waals surface area contributed by atoms with Gasteiger partial charge in [0.25, 0.3) is 0 Å². The van der Waals surface area contributed by atoms with E-state index in [0.29, 0.717) is 6.42 Å². The van der Waals surface area contributed by atoms with Crippen molar-refractivity contribution in [1.82, 2.24) is 9.80 Å². The van der Waals surface area contributed by atoms with E-state index in [0.717, 1.165) is 38.5 Å². The molecular formula is C18H27N3O4S. The number of nitrogens with one attached hydrogen (secondary N) is 1. The molecule has 0 spiro atoms. The number of morpholine rings is 1. The van der Waals surface area contributed by atoms with Crippen molar-refractivity contribution in [2.24, 2.45) is 0 Å². The van der Waals surface area contributed by atoms with Gasteiger partial charge in [0.15, 0.2) is 9.84 Å². The summed E-state index contributed by atoms with van der Waals surface area (Å²) in [6, 6.07) is 7.81. The van der Waals surface area contributed by atoms with Crippen LogP contribution in [0.2, 0.25) is 0 Å². The van der Waals surface area contributed by atoms with Crippen LogP contribution in [0.4, 0.5) is 5.69 Å². The first-order valence-electron chi connectivity index (χ1n) is 9.01. The monoisotopic (exact) mass is 381 g/mol. The zero-order valence-electron chi connectivity index (χ0n) is 15.2. The molecule has 0 bridgehead atoms. The Morgan fingerprint density at radius 1 is 1.27 bits per heavy atom. The van der Waals surface area contributed by atoms with Crippen molar-refractivity contribution in [2.75, 3.05) is 56.7 Å². The molecule has 0 aromatic heterocycles. The highest BCUT2D eigenvalue weighted by atomic mass is 32.2. The lowest BCUT2D eigenvalue weighted by molar-refractivity contribution is -0.117. The fourth-order valence-electron chi connectivity index (χ4n) is 3.39. The molecule has 2 saturated heterocycles. The fourth-order valence-corrected chi connectivity index (χ4v) is 5.20. The Labute approximate surface area is 155 Å². The quantitative estimate of drug-likeness (QED) is 0.776. The van der Waals surface area contributed by atoms with Crippen molar-refractivity contribution in [3.8, 4) is 0 Å². The zero-order chi connectivity index (χ0) is 18.6. The summed E-state index contributed by atoms with van der Waals surface area (Å²) in [4.78, 5) is 16.4. The highest BCUT2D eigenvalue weighted by Gasteiger charge is 2.31. The van der Waals surface area contributed by atoms with Crippen molar-refractivity contribution in [2.45, 2.75) is 19.0 Å². The Bertz CT molecular complexity index is 714. The maximum atomic E-state index is 12.2. The smallest absolute Gasteiger partial charge is 0.238 e. The first-order valence-corrected chi connectivity index (χ1v) is 10.8. The van der Waals surface area contributed by atoms with E-state index in [-0.39, 0.29) is 30.0 Å². The minimum atomic E-state index is -2.94. The number of amides is 1. The summed E-state index contributed by atoms with van der Waals surface area (Å²) < 4.78 is 28.5. The Balaban J connectivity index is 1.46. The molecule has 2 heterocycles. The molecule has 0 saturated carbocycles. The van der Waals surface area contributed by atoms with E-state index in [9.17, 15) is 13.2 Å². The average Bonchev–Trinajstić information content (AvgIpc) is 2.98. The number of carbonyl (C=O) groups excluding carboxylic acids is 1. The van der Waals surface area contributed by atoms with Crippen molar-refractivity contribution >= 4 is 21.4 Å². The molecule has 1 aromatic rings. The van der Waals surface area contributed by atoms with Gasteiger partial charge in [0, 0.05) is 31.4 Å². The number of carbonyl (C=O) groups is 1. The number of likely N-dealkylation sites (N-methyl/N-ethyl adjacent to an activating group) is 1. The highest BCUT2D eigenvalue weighted by molar-refractivity contribution is 7.91. The van der Waals surface area contributed by atoms with Crippen LogP contribution in [0.1, 0.15) is 12.0 Å². The molecule has 0 radical (unpaired) electrons. The lowest BCUT2D eigenvalue weighted by Crippen LogP contribution is -2.38. The van der Waals surface area contributed by atoms with E-state index >= 15 is 0 Å². The van der Waals surface area contributed by atoms with Crippen LogP contribution in [0.3, 0.4) is 0 Å². The second-order valence-electron chi connectivity index (χ2n) is 7.11. The normalized spacial score (nSPS) is 23.2. The largest absolute Gasteiger partial charge is 0.379 e. The third-order valence-electron chi connectivity index (χ3n) is 4.97. The summed E-state index contributed by atoms with van der Waals surface area (Å²) in [5, 5.41) is 2.88. The van der Waals surface area contributed by atoms with Crippen molar-refractivity contribution in [3.05, 3.63) is 29.8 Å². The van der Waals surface area contributed by atoms with Crippen molar-refractivity contribution in [1.29, 1.82) is 0 Å². The summed E-state index contributed by atoms with van der Waals surface area (Å²) >= 11 is 0. The van der Waals surface area contributed by atoms with Crippen LogP contribution in [-0.4, -0.2) is 81.6 Å². The third-order valence-corrected chi connectivity index (χ3v) is 6.72. The van der Waals surface area contributed by atoms with Gasteiger partial charge in [0.05, 0.1) is 31.3 Å². The molecule has 1 atom stereocenters. The number of benzene rings is 1. The molecule has 26 heavy (non-hydrogen) atoms. The Morgan fingerprint density at radius 2 is 1.96 bits per heavy atom. The third kappa shape index (κ3) is 5.51. The molecule has 1 aromatic carbocycles. The predicted octanol–water partition coefficient (Wildman–Crippen LogP) is 0.576. The maximum absolute atomic E-state index is 12.2. The number of sulfone groups is 1. The summed E-state index contributed by atoms with van der Waals surface area (Å²) in [6.07, 6.45) is 0.600. The van der Waals surface area contributed by atoms with E-state index in [1.807, 2.05) is 29.2 Å². The number of rotatable bonds is 6. The minimum absolute atomic E-state index is 0.0679. The fraction of sp³-hybridized carbons (Fsp3) is 0.611. The molecule has 3 rings (SSSR count). The number of nitrogens with zero attached hydrogens (tertiary/aromatic N) is 2. The standard InChI is InChI=1S/C18H27N3O4S/c1-20(17-6-11-26(23,24)14-17)13-18(22)19-16-4-2-15(3-5-16)12-21-7-9-25-10-8-21/h2-5,17H,6-14H2,1H3,(H,19,22)/t17-/m0/s1. The van der Waals surface area contributed by atoms with E-state index in [1.54, 1.807) is 7.05 Å². The number of anilines is 1. The zero-order valence-corrected chi connectivity index (χ0v) is 16.0. The Morgan fingerprint density at radius 3 is 2.58 bits per heavy atom. The van der Waals surface area contributed by atoms with Gasteiger partial charge >= 0.3 is 0 Å². The summed E-state index contributed by atoms with van der Waals surface area (Å²) in [6.45, 7) is 4.53. The lowest BCUT2D eigenvalue weighted by atomic mass is 10.2. The van der Waals surface area contributed by atoms with Gasteiger partial charge in [-0.15, -0.1) is 0 Å². The molecule has 144 valence electrons. The molecule has 1 N–H and O–H groups in total. The molecule has 2 fully saturated rings. The maximum Gasteiger partial charge on any atom is 0.238 e. The Kier molecular flexibility index (Phi) is 6.29. The molecule has 2 aliphatic heterocycles. The predicted molar refractivity (Wildman–Crippen MR) is 101 cm³/mol. The van der Waals surface area contributed by atoms with E-state index < -0.39 is 9.84 Å². The molecular weight excluding hydrogens is 354 g/mol. The molecule has 7 nitrogen and oxygen atoms in total. The Hall–Kier alpha value is -1.48. The van der Waals surface area contributed by atoms with E-state index in [2.05, 4.69) is 10.2 Å². The van der Waals surface area contributed by atoms with Crippen LogP contribution in [0.25, 0.3) is 0 Å². The van der Waals surface area contributed by atoms with E-state index in [4.69, 9.17) is 4.74 Å². The highest BCUT2D eigenvalue weighted by Crippen LogP contribution is 2.17. The van der Waals surface area contributed by atoms with Gasteiger partial charge in [0.1, 0.15) is 0 Å². The van der Waals surface area contributed by atoms with Gasteiger partial charge in [0.2, 0.25) is 5.91 Å². The van der Waals surface area contributed by atoms with Crippen LogP contribution >= 0.6 is 0 Å². The van der Waals surface area contributed by atoms with Crippen LogP contribution in [0.5, 0.6) is 0 Å². The van der Waals surface area contributed by atoms with Gasteiger partial charge in [-0.05, 0) is 31.2 Å². The molecule has 0 unspecified atom stereocenters. The van der Waals surface area contributed by atoms with Gasteiger partial charge in [-0.3, -0.25) is 14.6 Å². The number of hydrogen-bond donors (Lipinski definition) is 1. The van der Waals surface area contributed by atoms with Gasteiger partial charge < -0.3 is 10.1 Å². The minimum Gasteiger partial charge on any atom is -0.379 e.